The fourth-order valence-electron chi connectivity index (χ4n) is 4.82. The van der Waals surface area contributed by atoms with Gasteiger partial charge in [0.25, 0.3) is 0 Å². The highest BCUT2D eigenvalue weighted by atomic mass is 16.1. The average molecular weight is 332 g/mol. The van der Waals surface area contributed by atoms with E-state index in [1.807, 2.05) is 0 Å². The maximum atomic E-state index is 11.9. The van der Waals surface area contributed by atoms with Gasteiger partial charge in [0.15, 0.2) is 0 Å². The van der Waals surface area contributed by atoms with E-state index in [1.165, 1.54) is 53.9 Å². The molecule has 122 valence electrons. The van der Waals surface area contributed by atoms with Crippen LogP contribution < -0.4 is 0 Å². The molecule has 6 rings (SSSR count). The first kappa shape index (κ1) is 14.0. The Morgan fingerprint density at radius 3 is 1.96 bits per heavy atom. The van der Waals surface area contributed by atoms with E-state index in [1.54, 1.807) is 6.92 Å². The molecule has 6 aromatic carbocycles. The molecule has 0 aliphatic heterocycles. The van der Waals surface area contributed by atoms with Crippen LogP contribution in [0.1, 0.15) is 12.5 Å². The monoisotopic (exact) mass is 332 g/mol. The third-order valence-corrected chi connectivity index (χ3v) is 5.78. The lowest BCUT2D eigenvalue weighted by Crippen LogP contribution is -1.99. The molecule has 0 amide bonds. The summed E-state index contributed by atoms with van der Waals surface area (Å²) >= 11 is 0. The molecule has 0 saturated heterocycles. The molecular formula is C25H16O. The van der Waals surface area contributed by atoms with Gasteiger partial charge in [-0.25, -0.2) is 0 Å². The van der Waals surface area contributed by atoms with Gasteiger partial charge in [-0.1, -0.05) is 66.7 Å². The van der Waals surface area contributed by atoms with Gasteiger partial charge in [0.05, 0.1) is 0 Å². The fourth-order valence-corrected chi connectivity index (χ4v) is 4.82. The van der Waals surface area contributed by atoms with E-state index in [0.717, 1.165) is 5.56 Å². The number of rotatable bonds is 2. The zero-order valence-electron chi connectivity index (χ0n) is 14.5. The minimum Gasteiger partial charge on any atom is -0.300 e. The van der Waals surface area contributed by atoms with Crippen molar-refractivity contribution in [2.45, 2.75) is 13.3 Å². The van der Waals surface area contributed by atoms with E-state index in [4.69, 9.17) is 0 Å². The molecule has 26 heavy (non-hydrogen) atoms. The summed E-state index contributed by atoms with van der Waals surface area (Å²) in [6.45, 7) is 1.67. The van der Waals surface area contributed by atoms with Crippen LogP contribution in [0.15, 0.2) is 66.7 Å². The Kier molecular flexibility index (Phi) is 2.54. The molecule has 0 aliphatic carbocycles. The van der Waals surface area contributed by atoms with Crippen LogP contribution >= 0.6 is 0 Å². The lowest BCUT2D eigenvalue weighted by Gasteiger charge is -2.19. The molecule has 0 aromatic heterocycles. The second-order valence-corrected chi connectivity index (χ2v) is 7.37. The van der Waals surface area contributed by atoms with E-state index in [0.29, 0.717) is 6.42 Å². The van der Waals surface area contributed by atoms with Crippen LogP contribution in [-0.4, -0.2) is 5.78 Å². The molecule has 0 radical (unpaired) electrons. The zero-order valence-corrected chi connectivity index (χ0v) is 14.5. The quantitative estimate of drug-likeness (QED) is 0.263. The Morgan fingerprint density at radius 2 is 1.27 bits per heavy atom. The number of hydrogen-bond donors (Lipinski definition) is 0. The summed E-state index contributed by atoms with van der Waals surface area (Å²) in [4.78, 5) is 11.9. The molecule has 1 heteroatoms. The summed E-state index contributed by atoms with van der Waals surface area (Å²) in [5, 5.41) is 12.9. The van der Waals surface area contributed by atoms with Gasteiger partial charge in [0, 0.05) is 6.42 Å². The van der Waals surface area contributed by atoms with Crippen LogP contribution in [0, 0.1) is 0 Å². The predicted molar refractivity (Wildman–Crippen MR) is 111 cm³/mol. The van der Waals surface area contributed by atoms with Crippen LogP contribution in [0.5, 0.6) is 0 Å². The molecule has 0 N–H and O–H groups in total. The second kappa shape index (κ2) is 4.70. The topological polar surface area (TPSA) is 17.1 Å². The van der Waals surface area contributed by atoms with Crippen LogP contribution in [0.2, 0.25) is 0 Å². The highest BCUT2D eigenvalue weighted by Crippen LogP contribution is 2.45. The number of hydrogen-bond acceptors (Lipinski definition) is 1. The first-order chi connectivity index (χ1) is 12.7. The standard InChI is InChI=1S/C25H16O/c1-14(26)12-18-13-17-9-8-15-4-2-6-20-21-7-3-5-16-10-11-19(18)25(23(16)21)24(17)22(15)20/h2-11,13H,12H2,1H3. The number of carbonyl (C=O) groups is 1. The van der Waals surface area contributed by atoms with Crippen LogP contribution in [0.4, 0.5) is 0 Å². The molecule has 0 unspecified atom stereocenters. The fraction of sp³-hybridized carbons (Fsp3) is 0.0800. The number of carbonyl (C=O) groups excluding carboxylic acids is 1. The molecule has 0 heterocycles. The molecule has 0 saturated carbocycles. The van der Waals surface area contributed by atoms with E-state index in [2.05, 4.69) is 66.7 Å². The number of benzene rings is 6. The SMILES string of the molecule is CC(=O)Cc1cc2ccc3cccc4c5cccc6ccc1c(c65)c2c34. The van der Waals surface area contributed by atoms with Gasteiger partial charge in [0.1, 0.15) is 5.78 Å². The van der Waals surface area contributed by atoms with E-state index >= 15 is 0 Å². The minimum atomic E-state index is 0.206. The first-order valence-electron chi connectivity index (χ1n) is 9.05. The molecular weight excluding hydrogens is 316 g/mol. The smallest absolute Gasteiger partial charge is 0.134 e. The van der Waals surface area contributed by atoms with Gasteiger partial charge in [-0.15, -0.1) is 0 Å². The van der Waals surface area contributed by atoms with Crippen molar-refractivity contribution < 1.29 is 4.79 Å². The van der Waals surface area contributed by atoms with Crippen molar-refractivity contribution in [1.82, 2.24) is 0 Å². The zero-order chi connectivity index (χ0) is 17.4. The number of fused-ring (bicyclic) bond motifs is 1. The summed E-state index contributed by atoms with van der Waals surface area (Å²) in [5.41, 5.74) is 1.13. The highest BCUT2D eigenvalue weighted by Gasteiger charge is 2.18. The first-order valence-corrected chi connectivity index (χ1v) is 9.05. The Hall–Kier alpha value is -3.19. The van der Waals surface area contributed by atoms with Crippen LogP contribution in [0.25, 0.3) is 53.9 Å². The van der Waals surface area contributed by atoms with Gasteiger partial charge < -0.3 is 0 Å². The third kappa shape index (κ3) is 1.63. The van der Waals surface area contributed by atoms with Crippen molar-refractivity contribution >= 4 is 59.6 Å². The lowest BCUT2D eigenvalue weighted by molar-refractivity contribution is -0.116. The summed E-state index contributed by atoms with van der Waals surface area (Å²) in [5.74, 6) is 0.206. The van der Waals surface area contributed by atoms with Crippen LogP contribution in [0.3, 0.4) is 0 Å². The van der Waals surface area contributed by atoms with Gasteiger partial charge in [-0.3, -0.25) is 4.79 Å². The molecule has 0 aliphatic rings. The molecule has 0 fully saturated rings. The summed E-state index contributed by atoms with van der Waals surface area (Å²) in [6, 6.07) is 24.2. The van der Waals surface area contributed by atoms with Gasteiger partial charge >= 0.3 is 0 Å². The maximum absolute atomic E-state index is 11.9. The third-order valence-electron chi connectivity index (χ3n) is 5.78. The Labute approximate surface area is 150 Å². The van der Waals surface area contributed by atoms with E-state index in [9.17, 15) is 4.79 Å². The van der Waals surface area contributed by atoms with Gasteiger partial charge in [-0.2, -0.15) is 0 Å². The summed E-state index contributed by atoms with van der Waals surface area (Å²) < 4.78 is 0. The van der Waals surface area contributed by atoms with Crippen molar-refractivity contribution in [1.29, 1.82) is 0 Å². The molecule has 0 atom stereocenters. The molecule has 6 aromatic rings. The van der Waals surface area contributed by atoms with Crippen molar-refractivity contribution in [3.05, 3.63) is 72.3 Å². The number of Topliss-reactive ketones (excluding diaryl/α,β-unsaturated/α-hetero) is 1. The van der Waals surface area contributed by atoms with E-state index in [-0.39, 0.29) is 5.78 Å². The minimum absolute atomic E-state index is 0.206. The maximum Gasteiger partial charge on any atom is 0.134 e. The Morgan fingerprint density at radius 1 is 0.654 bits per heavy atom. The Bertz CT molecular complexity index is 1470. The predicted octanol–water partition coefficient (Wildman–Crippen LogP) is 6.46. The normalized spacial score (nSPS) is 12.3. The Balaban J connectivity index is 2.03. The van der Waals surface area contributed by atoms with E-state index < -0.39 is 0 Å². The van der Waals surface area contributed by atoms with Gasteiger partial charge in [0.2, 0.25) is 0 Å². The average Bonchev–Trinajstić information content (AvgIpc) is 2.65. The van der Waals surface area contributed by atoms with Crippen molar-refractivity contribution in [2.75, 3.05) is 0 Å². The van der Waals surface area contributed by atoms with Crippen molar-refractivity contribution in [2.24, 2.45) is 0 Å². The molecule has 1 nitrogen and oxygen atoms in total. The van der Waals surface area contributed by atoms with Gasteiger partial charge in [-0.05, 0) is 66.3 Å². The summed E-state index contributed by atoms with van der Waals surface area (Å²) in [6.07, 6.45) is 0.486. The highest BCUT2D eigenvalue weighted by molar-refractivity contribution is 6.40. The number of ketones is 1. The second-order valence-electron chi connectivity index (χ2n) is 7.37. The molecule has 0 spiro atoms. The van der Waals surface area contributed by atoms with Crippen LogP contribution in [-0.2, 0) is 11.2 Å². The molecule has 0 bridgehead atoms. The van der Waals surface area contributed by atoms with Crippen molar-refractivity contribution in [3.63, 3.8) is 0 Å². The lowest BCUT2D eigenvalue weighted by atomic mass is 9.84. The van der Waals surface area contributed by atoms with Crippen molar-refractivity contribution in [3.8, 4) is 0 Å². The summed E-state index contributed by atoms with van der Waals surface area (Å²) in [7, 11) is 0. The largest absolute Gasteiger partial charge is 0.300 e.